The van der Waals surface area contributed by atoms with Crippen molar-refractivity contribution in [3.8, 4) is 0 Å². The van der Waals surface area contributed by atoms with Crippen LogP contribution in [0.2, 0.25) is 0 Å². The van der Waals surface area contributed by atoms with Crippen LogP contribution in [0.5, 0.6) is 0 Å². The van der Waals surface area contributed by atoms with Gasteiger partial charge in [0.2, 0.25) is 0 Å². The van der Waals surface area contributed by atoms with Crippen LogP contribution in [0.25, 0.3) is 0 Å². The number of methoxy groups -OCH3 is 1. The zero-order chi connectivity index (χ0) is 11.6. The Labute approximate surface area is 98.6 Å². The topological polar surface area (TPSA) is 39.7 Å². The summed E-state index contributed by atoms with van der Waals surface area (Å²) in [7, 11) is 1.68. The van der Waals surface area contributed by atoms with E-state index < -0.39 is 0 Å². The highest BCUT2D eigenvalue weighted by molar-refractivity contribution is 4.85. The van der Waals surface area contributed by atoms with E-state index in [2.05, 4.69) is 12.2 Å². The molecule has 0 radical (unpaired) electrons. The molecule has 0 aromatic rings. The van der Waals surface area contributed by atoms with Crippen LogP contribution in [0.3, 0.4) is 0 Å². The second kappa shape index (κ2) is 8.93. The third kappa shape index (κ3) is 6.43. The summed E-state index contributed by atoms with van der Waals surface area (Å²) < 4.78 is 15.8. The Morgan fingerprint density at radius 2 is 1.81 bits per heavy atom. The van der Waals surface area contributed by atoms with E-state index in [-0.39, 0.29) is 0 Å². The van der Waals surface area contributed by atoms with Crippen LogP contribution in [0.15, 0.2) is 0 Å². The van der Waals surface area contributed by atoms with Crippen molar-refractivity contribution >= 4 is 0 Å². The molecule has 0 saturated heterocycles. The predicted molar refractivity (Wildman–Crippen MR) is 63.7 cm³/mol. The molecular weight excluding hydrogens is 206 g/mol. The van der Waals surface area contributed by atoms with Crippen molar-refractivity contribution in [3.63, 3.8) is 0 Å². The van der Waals surface area contributed by atoms with E-state index >= 15 is 0 Å². The van der Waals surface area contributed by atoms with Gasteiger partial charge in [0.1, 0.15) is 0 Å². The van der Waals surface area contributed by atoms with E-state index in [4.69, 9.17) is 14.2 Å². The normalized spacial score (nSPS) is 17.6. The summed E-state index contributed by atoms with van der Waals surface area (Å²) in [6, 6.07) is 0.545. The summed E-state index contributed by atoms with van der Waals surface area (Å²) >= 11 is 0. The average Bonchev–Trinajstić information content (AvgIpc) is 3.10. The van der Waals surface area contributed by atoms with Gasteiger partial charge in [0, 0.05) is 13.2 Å². The van der Waals surface area contributed by atoms with Gasteiger partial charge in [-0.2, -0.15) is 0 Å². The minimum Gasteiger partial charge on any atom is -0.382 e. The van der Waals surface area contributed by atoms with Gasteiger partial charge in [0.15, 0.2) is 0 Å². The summed E-state index contributed by atoms with van der Waals surface area (Å²) in [4.78, 5) is 0. The first-order valence-corrected chi connectivity index (χ1v) is 6.26. The number of hydrogen-bond acceptors (Lipinski definition) is 4. The van der Waals surface area contributed by atoms with Crippen LogP contribution in [0.1, 0.15) is 19.8 Å². The van der Waals surface area contributed by atoms with Crippen LogP contribution in [-0.4, -0.2) is 52.7 Å². The van der Waals surface area contributed by atoms with Crippen molar-refractivity contribution in [1.29, 1.82) is 0 Å². The summed E-state index contributed by atoms with van der Waals surface area (Å²) in [5, 5.41) is 3.47. The zero-order valence-corrected chi connectivity index (χ0v) is 10.5. The Bertz CT molecular complexity index is 162. The Morgan fingerprint density at radius 1 is 1.12 bits per heavy atom. The van der Waals surface area contributed by atoms with Crippen molar-refractivity contribution in [2.75, 3.05) is 46.7 Å². The summed E-state index contributed by atoms with van der Waals surface area (Å²) in [6.45, 7) is 6.62. The van der Waals surface area contributed by atoms with Crippen molar-refractivity contribution in [2.45, 2.75) is 25.8 Å². The van der Waals surface area contributed by atoms with E-state index in [9.17, 15) is 0 Å². The van der Waals surface area contributed by atoms with Crippen LogP contribution < -0.4 is 5.32 Å². The SMILES string of the molecule is CCNC(COCCOCCOC)C1CC1. The molecule has 1 atom stereocenters. The summed E-state index contributed by atoms with van der Waals surface area (Å²) in [6.07, 6.45) is 2.71. The maximum atomic E-state index is 5.60. The second-order valence-corrected chi connectivity index (χ2v) is 4.18. The molecule has 0 aliphatic heterocycles. The molecule has 0 amide bonds. The fourth-order valence-electron chi connectivity index (χ4n) is 1.69. The number of ether oxygens (including phenoxy) is 3. The standard InChI is InChI=1S/C12H25NO3/c1-3-13-12(11-4-5-11)10-16-9-8-15-7-6-14-2/h11-13H,3-10H2,1-2H3. The highest BCUT2D eigenvalue weighted by atomic mass is 16.5. The largest absolute Gasteiger partial charge is 0.382 e. The molecule has 16 heavy (non-hydrogen) atoms. The van der Waals surface area contributed by atoms with E-state index in [1.54, 1.807) is 7.11 Å². The Balaban J connectivity index is 1.88. The molecule has 0 aromatic heterocycles. The molecule has 1 rings (SSSR count). The Hall–Kier alpha value is -0.160. The highest BCUT2D eigenvalue weighted by Gasteiger charge is 2.30. The van der Waals surface area contributed by atoms with Gasteiger partial charge in [-0.25, -0.2) is 0 Å². The van der Waals surface area contributed by atoms with Crippen molar-refractivity contribution < 1.29 is 14.2 Å². The van der Waals surface area contributed by atoms with Gasteiger partial charge in [-0.3, -0.25) is 0 Å². The minimum atomic E-state index is 0.545. The minimum absolute atomic E-state index is 0.545. The third-order valence-electron chi connectivity index (χ3n) is 2.76. The van der Waals surface area contributed by atoms with Gasteiger partial charge in [0.25, 0.3) is 0 Å². The molecule has 1 N–H and O–H groups in total. The lowest BCUT2D eigenvalue weighted by molar-refractivity contribution is 0.0181. The van der Waals surface area contributed by atoms with Crippen molar-refractivity contribution in [2.24, 2.45) is 5.92 Å². The van der Waals surface area contributed by atoms with Gasteiger partial charge >= 0.3 is 0 Å². The number of nitrogens with one attached hydrogen (secondary N) is 1. The molecule has 1 unspecified atom stereocenters. The molecule has 0 spiro atoms. The molecule has 0 aromatic carbocycles. The molecular formula is C12H25NO3. The lowest BCUT2D eigenvalue weighted by atomic mass is 10.2. The quantitative estimate of drug-likeness (QED) is 0.540. The zero-order valence-electron chi connectivity index (χ0n) is 10.5. The fraction of sp³-hybridized carbons (Fsp3) is 1.00. The predicted octanol–water partition coefficient (Wildman–Crippen LogP) is 1.05. The fourth-order valence-corrected chi connectivity index (χ4v) is 1.69. The molecule has 96 valence electrons. The van der Waals surface area contributed by atoms with E-state index in [1.165, 1.54) is 12.8 Å². The third-order valence-corrected chi connectivity index (χ3v) is 2.76. The van der Waals surface area contributed by atoms with Crippen LogP contribution >= 0.6 is 0 Å². The molecule has 0 heterocycles. The van der Waals surface area contributed by atoms with Crippen molar-refractivity contribution in [3.05, 3.63) is 0 Å². The lowest BCUT2D eigenvalue weighted by Gasteiger charge is -2.17. The highest BCUT2D eigenvalue weighted by Crippen LogP contribution is 2.32. The van der Waals surface area contributed by atoms with Crippen LogP contribution in [0, 0.1) is 5.92 Å². The van der Waals surface area contributed by atoms with Crippen LogP contribution in [0.4, 0.5) is 0 Å². The Morgan fingerprint density at radius 3 is 2.44 bits per heavy atom. The average molecular weight is 231 g/mol. The maximum absolute atomic E-state index is 5.60. The molecule has 4 heteroatoms. The first kappa shape index (κ1) is 13.9. The van der Waals surface area contributed by atoms with Gasteiger partial charge in [-0.05, 0) is 25.3 Å². The molecule has 1 aliphatic carbocycles. The molecule has 4 nitrogen and oxygen atoms in total. The van der Waals surface area contributed by atoms with Crippen molar-refractivity contribution in [1.82, 2.24) is 5.32 Å². The first-order chi connectivity index (χ1) is 7.88. The molecule has 1 fully saturated rings. The molecule has 1 aliphatic rings. The summed E-state index contributed by atoms with van der Waals surface area (Å²) in [5.74, 6) is 0.842. The maximum Gasteiger partial charge on any atom is 0.0701 e. The first-order valence-electron chi connectivity index (χ1n) is 6.26. The lowest BCUT2D eigenvalue weighted by Crippen LogP contribution is -2.35. The summed E-state index contributed by atoms with van der Waals surface area (Å²) in [5.41, 5.74) is 0. The van der Waals surface area contributed by atoms with Gasteiger partial charge < -0.3 is 19.5 Å². The van der Waals surface area contributed by atoms with Gasteiger partial charge in [-0.15, -0.1) is 0 Å². The number of hydrogen-bond donors (Lipinski definition) is 1. The van der Waals surface area contributed by atoms with E-state index in [0.29, 0.717) is 32.5 Å². The van der Waals surface area contributed by atoms with Crippen LogP contribution in [-0.2, 0) is 14.2 Å². The smallest absolute Gasteiger partial charge is 0.0701 e. The molecule has 0 bridgehead atoms. The van der Waals surface area contributed by atoms with Gasteiger partial charge in [0.05, 0.1) is 33.0 Å². The van der Waals surface area contributed by atoms with E-state index in [1.807, 2.05) is 0 Å². The van der Waals surface area contributed by atoms with E-state index in [0.717, 1.165) is 19.1 Å². The van der Waals surface area contributed by atoms with Gasteiger partial charge in [-0.1, -0.05) is 6.92 Å². The number of likely N-dealkylation sites (N-methyl/N-ethyl adjacent to an activating group) is 1. The monoisotopic (exact) mass is 231 g/mol. The number of rotatable bonds is 11. The Kier molecular flexibility index (Phi) is 7.76. The molecule has 1 saturated carbocycles. The second-order valence-electron chi connectivity index (χ2n) is 4.18.